The zero-order valence-electron chi connectivity index (χ0n) is 18.0. The summed E-state index contributed by atoms with van der Waals surface area (Å²) >= 11 is 0. The second kappa shape index (κ2) is 9.05. The number of rotatable bonds is 9. The summed E-state index contributed by atoms with van der Waals surface area (Å²) in [4.78, 5) is 24.3. The van der Waals surface area contributed by atoms with Crippen molar-refractivity contribution in [2.75, 3.05) is 13.6 Å². The van der Waals surface area contributed by atoms with Crippen LogP contribution in [0.15, 0.2) is 35.2 Å². The molecule has 0 atom stereocenters. The summed E-state index contributed by atoms with van der Waals surface area (Å²) in [5.41, 5.74) is 2.86. The van der Waals surface area contributed by atoms with Crippen molar-refractivity contribution in [3.63, 3.8) is 0 Å². The Bertz CT molecular complexity index is 1000. The van der Waals surface area contributed by atoms with Gasteiger partial charge in [0.2, 0.25) is 10.0 Å². The molecule has 0 unspecified atom stereocenters. The molecule has 0 aliphatic carbocycles. The largest absolute Gasteiger partial charge is 0.348 e. The van der Waals surface area contributed by atoms with Gasteiger partial charge in [-0.1, -0.05) is 26.0 Å². The van der Waals surface area contributed by atoms with Crippen molar-refractivity contribution in [2.45, 2.75) is 52.5 Å². The highest BCUT2D eigenvalue weighted by Gasteiger charge is 2.25. The second-order valence-electron chi connectivity index (χ2n) is 7.88. The summed E-state index contributed by atoms with van der Waals surface area (Å²) in [6.07, 6.45) is 1.01. The Morgan fingerprint density at radius 2 is 1.69 bits per heavy atom. The van der Waals surface area contributed by atoms with E-state index in [0.29, 0.717) is 17.0 Å². The summed E-state index contributed by atoms with van der Waals surface area (Å²) in [5, 5.41) is 0. The normalized spacial score (nSPS) is 12.0. The summed E-state index contributed by atoms with van der Waals surface area (Å²) in [7, 11) is -2.43. The molecule has 0 amide bonds. The molecule has 7 heteroatoms. The van der Waals surface area contributed by atoms with Gasteiger partial charge in [-0.15, -0.1) is 0 Å². The molecule has 2 rings (SSSR count). The number of hydrogen-bond acceptors (Lipinski definition) is 4. The van der Waals surface area contributed by atoms with E-state index in [1.54, 1.807) is 0 Å². The van der Waals surface area contributed by atoms with E-state index in [2.05, 4.69) is 18.4 Å². The average Bonchev–Trinajstić information content (AvgIpc) is 2.93. The van der Waals surface area contributed by atoms with Crippen LogP contribution in [0, 0.1) is 19.8 Å². The highest BCUT2D eigenvalue weighted by atomic mass is 32.2. The van der Waals surface area contributed by atoms with Crippen molar-refractivity contribution in [1.29, 1.82) is 0 Å². The van der Waals surface area contributed by atoms with Gasteiger partial charge in [-0.05, 0) is 51.3 Å². The minimum absolute atomic E-state index is 0.0557. The molecule has 158 valence electrons. The maximum Gasteiger partial charge on any atom is 0.243 e. The number of carbonyl (C=O) groups excluding carboxylic acids is 2. The van der Waals surface area contributed by atoms with Gasteiger partial charge in [0.25, 0.3) is 0 Å². The van der Waals surface area contributed by atoms with Crippen molar-refractivity contribution in [1.82, 2.24) is 8.87 Å². The summed E-state index contributed by atoms with van der Waals surface area (Å²) in [5.74, 6) is 0.187. The number of hydrogen-bond donors (Lipinski definition) is 0. The Morgan fingerprint density at radius 3 is 2.21 bits per heavy atom. The molecule has 0 aliphatic rings. The molecule has 0 N–H and O–H groups in total. The molecular formula is C22H30N2O4S. The first-order valence-electron chi connectivity index (χ1n) is 9.72. The van der Waals surface area contributed by atoms with Gasteiger partial charge in [-0.3, -0.25) is 9.59 Å². The van der Waals surface area contributed by atoms with E-state index in [1.807, 2.05) is 19.9 Å². The maximum absolute atomic E-state index is 12.8. The molecule has 1 aromatic heterocycles. The number of Topliss-reactive ketones (excluding diaryl/α,β-unsaturated/α-hetero) is 2. The smallest absolute Gasteiger partial charge is 0.243 e. The number of sulfonamides is 1. The Kier molecular flexibility index (Phi) is 7.19. The molecule has 1 aromatic carbocycles. The third-order valence-corrected chi connectivity index (χ3v) is 6.96. The van der Waals surface area contributed by atoms with Crippen LogP contribution < -0.4 is 0 Å². The Hall–Kier alpha value is -2.25. The first kappa shape index (κ1) is 23.0. The van der Waals surface area contributed by atoms with Gasteiger partial charge in [-0.2, -0.15) is 4.31 Å². The van der Waals surface area contributed by atoms with Crippen LogP contribution in [0.1, 0.15) is 59.3 Å². The molecule has 0 aliphatic heterocycles. The molecule has 1 heterocycles. The van der Waals surface area contributed by atoms with Crippen LogP contribution in [0.3, 0.4) is 0 Å². The summed E-state index contributed by atoms with van der Waals surface area (Å²) < 4.78 is 28.8. The molecule has 6 nitrogen and oxygen atoms in total. The van der Waals surface area contributed by atoms with Crippen LogP contribution in [0.2, 0.25) is 0 Å². The van der Waals surface area contributed by atoms with Crippen LogP contribution in [0.25, 0.3) is 0 Å². The van der Waals surface area contributed by atoms with Gasteiger partial charge in [0.05, 0.1) is 11.4 Å². The fourth-order valence-electron chi connectivity index (χ4n) is 3.23. The molecule has 0 spiro atoms. The fraction of sp³-hybridized carbons (Fsp3) is 0.455. The minimum atomic E-state index is -3.83. The summed E-state index contributed by atoms with van der Waals surface area (Å²) in [6.45, 7) is 10.2. The standard InChI is InChI=1S/C22H30N2O4S/c1-15(2)11-12-24-16(3)13-21(17(24)4)22(26)14-23(6)29(27,28)20-9-7-19(8-10-20)18(5)25/h7-10,13,15H,11-12,14H2,1-6H3. The molecule has 0 radical (unpaired) electrons. The lowest BCUT2D eigenvalue weighted by atomic mass is 10.1. The molecule has 0 fully saturated rings. The number of carbonyl (C=O) groups is 2. The van der Waals surface area contributed by atoms with Gasteiger partial charge in [0.15, 0.2) is 11.6 Å². The van der Waals surface area contributed by atoms with E-state index in [-0.39, 0.29) is 23.0 Å². The van der Waals surface area contributed by atoms with E-state index in [4.69, 9.17) is 0 Å². The molecule has 0 saturated carbocycles. The number of benzene rings is 1. The Balaban J connectivity index is 2.19. The van der Waals surface area contributed by atoms with Crippen molar-refractivity contribution in [3.05, 3.63) is 52.8 Å². The van der Waals surface area contributed by atoms with E-state index >= 15 is 0 Å². The quantitative estimate of drug-likeness (QED) is 0.580. The molecule has 29 heavy (non-hydrogen) atoms. The zero-order valence-corrected chi connectivity index (χ0v) is 18.8. The number of aromatic nitrogens is 1. The van der Waals surface area contributed by atoms with E-state index in [9.17, 15) is 18.0 Å². The van der Waals surface area contributed by atoms with Gasteiger partial charge in [0.1, 0.15) is 0 Å². The monoisotopic (exact) mass is 418 g/mol. The van der Waals surface area contributed by atoms with Gasteiger partial charge >= 0.3 is 0 Å². The van der Waals surface area contributed by atoms with Crippen LogP contribution >= 0.6 is 0 Å². The van der Waals surface area contributed by atoms with Gasteiger partial charge in [-0.25, -0.2) is 8.42 Å². The zero-order chi connectivity index (χ0) is 21.9. The minimum Gasteiger partial charge on any atom is -0.348 e. The number of nitrogens with zero attached hydrogens (tertiary/aromatic N) is 2. The van der Waals surface area contributed by atoms with Crippen molar-refractivity contribution >= 4 is 21.6 Å². The van der Waals surface area contributed by atoms with Crippen LogP contribution in [0.5, 0.6) is 0 Å². The first-order chi connectivity index (χ1) is 13.4. The molecular weight excluding hydrogens is 388 g/mol. The first-order valence-corrected chi connectivity index (χ1v) is 11.2. The predicted molar refractivity (Wildman–Crippen MR) is 114 cm³/mol. The Morgan fingerprint density at radius 1 is 1.10 bits per heavy atom. The molecule has 0 bridgehead atoms. The SMILES string of the molecule is CC(=O)c1ccc(S(=O)(=O)N(C)CC(=O)c2cc(C)n(CCC(C)C)c2C)cc1. The average molecular weight is 419 g/mol. The van der Waals surface area contributed by atoms with E-state index in [1.165, 1.54) is 38.2 Å². The summed E-state index contributed by atoms with van der Waals surface area (Å²) in [6, 6.07) is 7.58. The number of ketones is 2. The van der Waals surface area contributed by atoms with Crippen LogP contribution in [-0.4, -0.2) is 42.4 Å². The maximum atomic E-state index is 12.8. The fourth-order valence-corrected chi connectivity index (χ4v) is 4.36. The lowest BCUT2D eigenvalue weighted by Gasteiger charge is -2.17. The van der Waals surface area contributed by atoms with Crippen LogP contribution in [-0.2, 0) is 16.6 Å². The van der Waals surface area contributed by atoms with Gasteiger partial charge < -0.3 is 4.57 Å². The third kappa shape index (κ3) is 5.22. The number of likely N-dealkylation sites (N-methyl/N-ethyl adjacent to an activating group) is 1. The Labute approximate surface area is 173 Å². The van der Waals surface area contributed by atoms with E-state index < -0.39 is 10.0 Å². The van der Waals surface area contributed by atoms with Crippen molar-refractivity contribution in [2.24, 2.45) is 5.92 Å². The predicted octanol–water partition coefficient (Wildman–Crippen LogP) is 3.86. The third-order valence-electron chi connectivity index (χ3n) is 5.14. The molecule has 2 aromatic rings. The highest BCUT2D eigenvalue weighted by Crippen LogP contribution is 2.20. The van der Waals surface area contributed by atoms with Crippen LogP contribution in [0.4, 0.5) is 0 Å². The second-order valence-corrected chi connectivity index (χ2v) is 9.93. The molecule has 0 saturated heterocycles. The lowest BCUT2D eigenvalue weighted by molar-refractivity contribution is 0.0971. The number of aryl methyl sites for hydroxylation is 1. The van der Waals surface area contributed by atoms with Gasteiger partial charge in [0, 0.05) is 36.1 Å². The van der Waals surface area contributed by atoms with Crippen molar-refractivity contribution in [3.8, 4) is 0 Å². The van der Waals surface area contributed by atoms with Crippen molar-refractivity contribution < 1.29 is 18.0 Å². The lowest BCUT2D eigenvalue weighted by Crippen LogP contribution is -2.32. The van der Waals surface area contributed by atoms with E-state index in [0.717, 1.165) is 28.7 Å². The topological polar surface area (TPSA) is 76.5 Å². The highest BCUT2D eigenvalue weighted by molar-refractivity contribution is 7.89.